The zero-order valence-corrected chi connectivity index (χ0v) is 18.0. The lowest BCUT2D eigenvalue weighted by atomic mass is 10.1. The standard InChI is InChI=1S/C23H27N3O3S/c1-25-16-13-19-8-9-20(17-22(19)25)24-23(27)12-7-18-5-10-21(11-6-18)30(28,29)26-14-3-2-4-15-26/h5-6,8-11,13,16-17H,2-4,7,12,14-15H2,1H3,(H,24,27). The fourth-order valence-corrected chi connectivity index (χ4v) is 5.42. The van der Waals surface area contributed by atoms with Crippen LogP contribution in [0.15, 0.2) is 59.6 Å². The first-order valence-corrected chi connectivity index (χ1v) is 11.8. The Morgan fingerprint density at radius 2 is 1.73 bits per heavy atom. The van der Waals surface area contributed by atoms with Crippen molar-refractivity contribution in [3.63, 3.8) is 0 Å². The number of hydrogen-bond donors (Lipinski definition) is 1. The van der Waals surface area contributed by atoms with Crippen LogP contribution in [0.2, 0.25) is 0 Å². The zero-order chi connectivity index (χ0) is 21.1. The lowest BCUT2D eigenvalue weighted by Crippen LogP contribution is -2.35. The molecule has 1 fully saturated rings. The molecule has 1 aromatic heterocycles. The second-order valence-electron chi connectivity index (χ2n) is 7.86. The quantitative estimate of drug-likeness (QED) is 0.651. The van der Waals surface area contributed by atoms with Crippen LogP contribution in [0.1, 0.15) is 31.2 Å². The van der Waals surface area contributed by atoms with Gasteiger partial charge in [0.1, 0.15) is 0 Å². The SMILES string of the molecule is Cn1ccc2ccc(NC(=O)CCc3ccc(S(=O)(=O)N4CCCCC4)cc3)cc21. The Hall–Kier alpha value is -2.64. The first kappa shape index (κ1) is 20.6. The van der Waals surface area contributed by atoms with E-state index in [1.54, 1.807) is 28.6 Å². The minimum atomic E-state index is -3.42. The minimum absolute atomic E-state index is 0.0615. The molecule has 0 radical (unpaired) electrons. The van der Waals surface area contributed by atoms with Crippen LogP contribution < -0.4 is 5.32 Å². The maximum atomic E-state index is 12.7. The molecule has 1 aliphatic heterocycles. The summed E-state index contributed by atoms with van der Waals surface area (Å²) in [6, 6.07) is 14.8. The second kappa shape index (κ2) is 8.62. The number of piperidine rings is 1. The fourth-order valence-electron chi connectivity index (χ4n) is 3.90. The number of anilines is 1. The third-order valence-electron chi connectivity index (χ3n) is 5.69. The predicted molar refractivity (Wildman–Crippen MR) is 119 cm³/mol. The summed E-state index contributed by atoms with van der Waals surface area (Å²) in [7, 11) is -1.44. The average Bonchev–Trinajstić information content (AvgIpc) is 3.13. The molecule has 0 bridgehead atoms. The Kier molecular flexibility index (Phi) is 5.92. The molecule has 158 valence electrons. The van der Waals surface area contributed by atoms with Crippen molar-refractivity contribution in [3.8, 4) is 0 Å². The number of sulfonamides is 1. The summed E-state index contributed by atoms with van der Waals surface area (Å²) in [4.78, 5) is 12.7. The number of carbonyl (C=O) groups excluding carboxylic acids is 1. The molecular weight excluding hydrogens is 398 g/mol. The van der Waals surface area contributed by atoms with Crippen molar-refractivity contribution in [3.05, 3.63) is 60.3 Å². The van der Waals surface area contributed by atoms with Crippen molar-refractivity contribution in [2.75, 3.05) is 18.4 Å². The summed E-state index contributed by atoms with van der Waals surface area (Å²) < 4.78 is 29.0. The molecule has 3 aromatic rings. The largest absolute Gasteiger partial charge is 0.350 e. The van der Waals surface area contributed by atoms with E-state index in [2.05, 4.69) is 5.32 Å². The molecule has 0 unspecified atom stereocenters. The first-order chi connectivity index (χ1) is 14.4. The van der Waals surface area contributed by atoms with Gasteiger partial charge in [0.05, 0.1) is 4.90 Å². The van der Waals surface area contributed by atoms with Crippen LogP contribution in [0, 0.1) is 0 Å². The molecule has 0 aliphatic carbocycles. The summed E-state index contributed by atoms with van der Waals surface area (Å²) in [5.74, 6) is -0.0615. The van der Waals surface area contributed by atoms with Crippen LogP contribution in [0.5, 0.6) is 0 Å². The molecule has 4 rings (SSSR count). The minimum Gasteiger partial charge on any atom is -0.350 e. The van der Waals surface area contributed by atoms with Gasteiger partial charge in [-0.15, -0.1) is 0 Å². The highest BCUT2D eigenvalue weighted by Gasteiger charge is 2.25. The van der Waals surface area contributed by atoms with Gasteiger partial charge < -0.3 is 9.88 Å². The van der Waals surface area contributed by atoms with Gasteiger partial charge in [-0.25, -0.2) is 8.42 Å². The van der Waals surface area contributed by atoms with Gasteiger partial charge in [0.15, 0.2) is 0 Å². The Bertz CT molecular complexity index is 1140. The number of hydrogen-bond acceptors (Lipinski definition) is 3. The Labute approximate surface area is 177 Å². The highest BCUT2D eigenvalue weighted by Crippen LogP contribution is 2.22. The number of nitrogens with zero attached hydrogens (tertiary/aromatic N) is 2. The van der Waals surface area contributed by atoms with Crippen molar-refractivity contribution in [1.29, 1.82) is 0 Å². The van der Waals surface area contributed by atoms with Crippen LogP contribution in [-0.2, 0) is 28.3 Å². The Balaban J connectivity index is 1.35. The normalized spacial score (nSPS) is 15.4. The molecule has 1 N–H and O–H groups in total. The number of amides is 1. The second-order valence-corrected chi connectivity index (χ2v) is 9.80. The van der Waals surface area contributed by atoms with Crippen molar-refractivity contribution >= 4 is 32.5 Å². The van der Waals surface area contributed by atoms with Gasteiger partial charge in [0, 0.05) is 44.0 Å². The van der Waals surface area contributed by atoms with E-state index in [0.29, 0.717) is 30.8 Å². The number of aryl methyl sites for hydroxylation is 2. The van der Waals surface area contributed by atoms with Crippen molar-refractivity contribution < 1.29 is 13.2 Å². The molecule has 1 aliphatic rings. The van der Waals surface area contributed by atoms with Gasteiger partial charge in [-0.2, -0.15) is 4.31 Å². The topological polar surface area (TPSA) is 71.4 Å². The van der Waals surface area contributed by atoms with E-state index in [-0.39, 0.29) is 5.91 Å². The molecule has 7 heteroatoms. The molecular formula is C23H27N3O3S. The van der Waals surface area contributed by atoms with Crippen LogP contribution in [0.4, 0.5) is 5.69 Å². The van der Waals surface area contributed by atoms with E-state index in [9.17, 15) is 13.2 Å². The summed E-state index contributed by atoms with van der Waals surface area (Å²) >= 11 is 0. The molecule has 0 atom stereocenters. The van der Waals surface area contributed by atoms with E-state index < -0.39 is 10.0 Å². The number of fused-ring (bicyclic) bond motifs is 1. The lowest BCUT2D eigenvalue weighted by molar-refractivity contribution is -0.116. The van der Waals surface area contributed by atoms with Crippen LogP contribution in [0.25, 0.3) is 10.9 Å². The molecule has 30 heavy (non-hydrogen) atoms. The van der Waals surface area contributed by atoms with Gasteiger partial charge in [0.25, 0.3) is 0 Å². The first-order valence-electron chi connectivity index (χ1n) is 10.4. The summed E-state index contributed by atoms with van der Waals surface area (Å²) in [6.45, 7) is 1.19. The van der Waals surface area contributed by atoms with Gasteiger partial charge in [-0.3, -0.25) is 4.79 Å². The maximum absolute atomic E-state index is 12.7. The zero-order valence-electron chi connectivity index (χ0n) is 17.2. The summed E-state index contributed by atoms with van der Waals surface area (Å²) in [5, 5.41) is 4.08. The van der Waals surface area contributed by atoms with E-state index in [0.717, 1.165) is 41.4 Å². The molecule has 6 nitrogen and oxygen atoms in total. The third kappa shape index (κ3) is 4.42. The molecule has 0 spiro atoms. The number of benzene rings is 2. The van der Waals surface area contributed by atoms with E-state index in [1.165, 1.54) is 0 Å². The molecule has 2 aromatic carbocycles. The van der Waals surface area contributed by atoms with Crippen LogP contribution in [-0.4, -0.2) is 36.3 Å². The third-order valence-corrected chi connectivity index (χ3v) is 7.60. The molecule has 1 saturated heterocycles. The summed E-state index contributed by atoms with van der Waals surface area (Å²) in [5.41, 5.74) is 2.79. The van der Waals surface area contributed by atoms with E-state index in [1.807, 2.05) is 42.1 Å². The molecule has 1 amide bonds. The lowest BCUT2D eigenvalue weighted by Gasteiger charge is -2.25. The predicted octanol–water partition coefficient (Wildman–Crippen LogP) is 3.92. The van der Waals surface area contributed by atoms with Gasteiger partial charge in [0.2, 0.25) is 15.9 Å². The Morgan fingerprint density at radius 1 is 1.00 bits per heavy atom. The van der Waals surface area contributed by atoms with Crippen molar-refractivity contribution in [2.45, 2.75) is 37.0 Å². The average molecular weight is 426 g/mol. The van der Waals surface area contributed by atoms with Gasteiger partial charge in [-0.05, 0) is 60.5 Å². The molecule has 2 heterocycles. The Morgan fingerprint density at radius 3 is 2.47 bits per heavy atom. The van der Waals surface area contributed by atoms with E-state index >= 15 is 0 Å². The molecule has 0 saturated carbocycles. The van der Waals surface area contributed by atoms with Crippen LogP contribution in [0.3, 0.4) is 0 Å². The monoisotopic (exact) mass is 425 g/mol. The number of nitrogens with one attached hydrogen (secondary N) is 1. The number of aromatic nitrogens is 1. The highest BCUT2D eigenvalue weighted by atomic mass is 32.2. The van der Waals surface area contributed by atoms with Crippen molar-refractivity contribution in [1.82, 2.24) is 8.87 Å². The number of carbonyl (C=O) groups is 1. The summed E-state index contributed by atoms with van der Waals surface area (Å²) in [6.07, 6.45) is 5.82. The fraction of sp³-hybridized carbons (Fsp3) is 0.348. The highest BCUT2D eigenvalue weighted by molar-refractivity contribution is 7.89. The maximum Gasteiger partial charge on any atom is 0.243 e. The number of rotatable bonds is 6. The van der Waals surface area contributed by atoms with Gasteiger partial charge in [-0.1, -0.05) is 24.6 Å². The van der Waals surface area contributed by atoms with Crippen molar-refractivity contribution in [2.24, 2.45) is 7.05 Å². The van der Waals surface area contributed by atoms with Crippen LogP contribution >= 0.6 is 0 Å². The van der Waals surface area contributed by atoms with E-state index in [4.69, 9.17) is 0 Å². The van der Waals surface area contributed by atoms with Gasteiger partial charge >= 0.3 is 0 Å². The smallest absolute Gasteiger partial charge is 0.243 e.